The maximum absolute atomic E-state index is 6.03. The van der Waals surface area contributed by atoms with Gasteiger partial charge in [-0.1, -0.05) is 54.9 Å². The number of benzene rings is 2. The molecule has 0 saturated heterocycles. The normalized spacial score (nSPS) is 12.3. The number of halogens is 1. The molecule has 0 heterocycles. The van der Waals surface area contributed by atoms with Gasteiger partial charge in [-0.25, -0.2) is 0 Å². The van der Waals surface area contributed by atoms with Crippen molar-refractivity contribution in [3.05, 3.63) is 59.1 Å². The van der Waals surface area contributed by atoms with Gasteiger partial charge in [0.15, 0.2) is 0 Å². The number of aryl methyl sites for hydroxylation is 1. The monoisotopic (exact) mass is 287 g/mol. The summed E-state index contributed by atoms with van der Waals surface area (Å²) in [4.78, 5) is 0. The maximum Gasteiger partial charge on any atom is 0.0412 e. The van der Waals surface area contributed by atoms with Gasteiger partial charge < -0.3 is 5.73 Å². The molecule has 0 spiro atoms. The number of nitrogens with two attached hydrogens (primary N) is 1. The topological polar surface area (TPSA) is 26.0 Å². The minimum Gasteiger partial charge on any atom is -0.330 e. The van der Waals surface area contributed by atoms with Gasteiger partial charge in [0, 0.05) is 5.02 Å². The summed E-state index contributed by atoms with van der Waals surface area (Å²) >= 11 is 6.03. The second-order valence-corrected chi connectivity index (χ2v) is 5.86. The number of hydrogen-bond donors (Lipinski definition) is 1. The smallest absolute Gasteiger partial charge is 0.0412 e. The molecule has 1 nitrogen and oxygen atoms in total. The molecule has 1 unspecified atom stereocenters. The SMILES string of the molecule is CC(CCN)CCc1ccc(-c2cccc(Cl)c2)cc1. The van der Waals surface area contributed by atoms with Gasteiger partial charge in [-0.05, 0) is 60.5 Å². The predicted octanol–water partition coefficient (Wildman–Crippen LogP) is 4.92. The van der Waals surface area contributed by atoms with E-state index in [0.717, 1.165) is 24.4 Å². The molecule has 2 heteroatoms. The Morgan fingerprint density at radius 3 is 2.40 bits per heavy atom. The highest BCUT2D eigenvalue weighted by atomic mass is 35.5. The summed E-state index contributed by atoms with van der Waals surface area (Å²) < 4.78 is 0. The van der Waals surface area contributed by atoms with E-state index in [1.807, 2.05) is 18.2 Å². The summed E-state index contributed by atoms with van der Waals surface area (Å²) in [6, 6.07) is 16.8. The molecule has 1 atom stereocenters. The molecule has 0 aliphatic heterocycles. The van der Waals surface area contributed by atoms with E-state index in [2.05, 4.69) is 37.3 Å². The quantitative estimate of drug-likeness (QED) is 0.801. The Morgan fingerprint density at radius 1 is 1.00 bits per heavy atom. The van der Waals surface area contributed by atoms with Crippen molar-refractivity contribution in [2.75, 3.05) is 6.54 Å². The highest BCUT2D eigenvalue weighted by Gasteiger charge is 2.03. The zero-order valence-electron chi connectivity index (χ0n) is 12.0. The third-order valence-corrected chi connectivity index (χ3v) is 3.93. The third kappa shape index (κ3) is 4.36. The Balaban J connectivity index is 1.99. The van der Waals surface area contributed by atoms with Crippen LogP contribution in [-0.2, 0) is 6.42 Å². The molecule has 2 aromatic carbocycles. The molecule has 2 aromatic rings. The van der Waals surface area contributed by atoms with Crippen molar-refractivity contribution in [3.8, 4) is 11.1 Å². The molecule has 106 valence electrons. The van der Waals surface area contributed by atoms with Crippen molar-refractivity contribution in [3.63, 3.8) is 0 Å². The average molecular weight is 288 g/mol. The minimum atomic E-state index is 0.701. The van der Waals surface area contributed by atoms with Gasteiger partial charge in [0.25, 0.3) is 0 Å². The van der Waals surface area contributed by atoms with Gasteiger partial charge in [-0.3, -0.25) is 0 Å². The van der Waals surface area contributed by atoms with Crippen LogP contribution in [0.15, 0.2) is 48.5 Å². The van der Waals surface area contributed by atoms with Crippen molar-refractivity contribution in [1.29, 1.82) is 0 Å². The molecule has 0 amide bonds. The summed E-state index contributed by atoms with van der Waals surface area (Å²) in [6.07, 6.45) is 3.44. The maximum atomic E-state index is 6.03. The summed E-state index contributed by atoms with van der Waals surface area (Å²) in [5, 5.41) is 0.780. The van der Waals surface area contributed by atoms with E-state index in [1.54, 1.807) is 0 Å². The highest BCUT2D eigenvalue weighted by molar-refractivity contribution is 6.30. The lowest BCUT2D eigenvalue weighted by Crippen LogP contribution is -2.06. The summed E-state index contributed by atoms with van der Waals surface area (Å²) in [5.41, 5.74) is 9.35. The molecule has 2 rings (SSSR count). The molecule has 0 fully saturated rings. The Morgan fingerprint density at radius 2 is 1.75 bits per heavy atom. The molecule has 0 radical (unpaired) electrons. The van der Waals surface area contributed by atoms with Crippen LogP contribution < -0.4 is 5.73 Å². The fraction of sp³-hybridized carbons (Fsp3) is 0.333. The van der Waals surface area contributed by atoms with Crippen molar-refractivity contribution < 1.29 is 0 Å². The molecular weight excluding hydrogens is 266 g/mol. The lowest BCUT2D eigenvalue weighted by Gasteiger charge is -2.10. The van der Waals surface area contributed by atoms with Crippen molar-refractivity contribution in [2.45, 2.75) is 26.2 Å². The van der Waals surface area contributed by atoms with Gasteiger partial charge in [0.2, 0.25) is 0 Å². The fourth-order valence-electron chi connectivity index (χ4n) is 2.37. The lowest BCUT2D eigenvalue weighted by atomic mass is 9.97. The van der Waals surface area contributed by atoms with Crippen molar-refractivity contribution in [1.82, 2.24) is 0 Å². The molecule has 20 heavy (non-hydrogen) atoms. The number of hydrogen-bond acceptors (Lipinski definition) is 1. The van der Waals surface area contributed by atoms with E-state index in [1.165, 1.54) is 23.1 Å². The Kier molecular flexibility index (Phi) is 5.63. The van der Waals surface area contributed by atoms with Gasteiger partial charge in [-0.2, -0.15) is 0 Å². The molecule has 0 aliphatic carbocycles. The van der Waals surface area contributed by atoms with E-state index in [4.69, 9.17) is 17.3 Å². The van der Waals surface area contributed by atoms with Crippen LogP contribution in [0.4, 0.5) is 0 Å². The second-order valence-electron chi connectivity index (χ2n) is 5.43. The van der Waals surface area contributed by atoms with Gasteiger partial charge >= 0.3 is 0 Å². The summed E-state index contributed by atoms with van der Waals surface area (Å²) in [6.45, 7) is 3.06. The molecule has 0 aromatic heterocycles. The zero-order valence-corrected chi connectivity index (χ0v) is 12.7. The van der Waals surface area contributed by atoms with E-state index >= 15 is 0 Å². The van der Waals surface area contributed by atoms with E-state index in [9.17, 15) is 0 Å². The Bertz CT molecular complexity index is 533. The fourth-order valence-corrected chi connectivity index (χ4v) is 2.56. The van der Waals surface area contributed by atoms with Crippen LogP contribution in [0.2, 0.25) is 5.02 Å². The lowest BCUT2D eigenvalue weighted by molar-refractivity contribution is 0.500. The molecule has 2 N–H and O–H groups in total. The minimum absolute atomic E-state index is 0.701. The zero-order chi connectivity index (χ0) is 14.4. The van der Waals surface area contributed by atoms with Crippen LogP contribution in [0.3, 0.4) is 0 Å². The Labute approximate surface area is 126 Å². The third-order valence-electron chi connectivity index (χ3n) is 3.70. The van der Waals surface area contributed by atoms with E-state index < -0.39 is 0 Å². The number of rotatable bonds is 6. The van der Waals surface area contributed by atoms with Gasteiger partial charge in [-0.15, -0.1) is 0 Å². The first-order valence-corrected chi connectivity index (χ1v) is 7.62. The van der Waals surface area contributed by atoms with Crippen LogP contribution >= 0.6 is 11.6 Å². The molecule has 0 aliphatic rings. The standard InChI is InChI=1S/C18H22ClN/c1-14(11-12-20)5-6-15-7-9-16(10-8-15)17-3-2-4-18(19)13-17/h2-4,7-10,13-14H,5-6,11-12,20H2,1H3. The first-order valence-electron chi connectivity index (χ1n) is 7.24. The van der Waals surface area contributed by atoms with Crippen LogP contribution in [0, 0.1) is 5.92 Å². The Hall–Kier alpha value is -1.31. The van der Waals surface area contributed by atoms with Crippen LogP contribution in [0.1, 0.15) is 25.3 Å². The molecule has 0 bridgehead atoms. The highest BCUT2D eigenvalue weighted by Crippen LogP contribution is 2.23. The molecular formula is C18H22ClN. The van der Waals surface area contributed by atoms with Crippen LogP contribution in [0.5, 0.6) is 0 Å². The van der Waals surface area contributed by atoms with Gasteiger partial charge in [0.1, 0.15) is 0 Å². The largest absolute Gasteiger partial charge is 0.330 e. The van der Waals surface area contributed by atoms with E-state index in [0.29, 0.717) is 5.92 Å². The first kappa shape index (κ1) is 15.1. The van der Waals surface area contributed by atoms with Gasteiger partial charge in [0.05, 0.1) is 0 Å². The van der Waals surface area contributed by atoms with Crippen molar-refractivity contribution >= 4 is 11.6 Å². The van der Waals surface area contributed by atoms with E-state index in [-0.39, 0.29) is 0 Å². The predicted molar refractivity (Wildman–Crippen MR) is 88.0 cm³/mol. The van der Waals surface area contributed by atoms with Crippen LogP contribution in [0.25, 0.3) is 11.1 Å². The average Bonchev–Trinajstić information content (AvgIpc) is 2.46. The summed E-state index contributed by atoms with van der Waals surface area (Å²) in [7, 11) is 0. The van der Waals surface area contributed by atoms with Crippen molar-refractivity contribution in [2.24, 2.45) is 11.7 Å². The second kappa shape index (κ2) is 7.47. The first-order chi connectivity index (χ1) is 9.69. The molecule has 0 saturated carbocycles. The van der Waals surface area contributed by atoms with Crippen LogP contribution in [-0.4, -0.2) is 6.54 Å². The summed E-state index contributed by atoms with van der Waals surface area (Å²) in [5.74, 6) is 0.701.